The van der Waals surface area contributed by atoms with E-state index in [0.29, 0.717) is 22.4 Å². The van der Waals surface area contributed by atoms with Crippen molar-refractivity contribution in [3.63, 3.8) is 0 Å². The first kappa shape index (κ1) is 25.8. The number of likely N-dealkylation sites (tertiary alicyclic amines) is 1. The monoisotopic (exact) mass is 518 g/mol. The van der Waals surface area contributed by atoms with E-state index in [9.17, 15) is 19.6 Å². The average molecular weight is 519 g/mol. The normalized spacial score (nSPS) is 18.2. The lowest BCUT2D eigenvalue weighted by molar-refractivity contribution is 0.0661. The zero-order valence-corrected chi connectivity index (χ0v) is 21.4. The number of nitriles is 1. The fourth-order valence-corrected chi connectivity index (χ4v) is 5.58. The molecule has 2 fully saturated rings. The van der Waals surface area contributed by atoms with Gasteiger partial charge in [0.2, 0.25) is 0 Å². The van der Waals surface area contributed by atoms with E-state index in [-0.39, 0.29) is 23.4 Å². The summed E-state index contributed by atoms with van der Waals surface area (Å²) in [7, 11) is 0. The van der Waals surface area contributed by atoms with Crippen LogP contribution in [-0.4, -0.2) is 35.7 Å². The Morgan fingerprint density at radius 1 is 1.17 bits per heavy atom. The molecule has 1 saturated carbocycles. The Morgan fingerprint density at radius 3 is 2.34 bits per heavy atom. The summed E-state index contributed by atoms with van der Waals surface area (Å²) >= 11 is 12.5. The SMILES string of the molecule is CC(C)(C#N)C(c1cc(Cl)cc(Cl)c1)N1CCC(COc2cc(F)c(C(=O)O)cc2C2CC2)CC1. The van der Waals surface area contributed by atoms with Gasteiger partial charge >= 0.3 is 5.97 Å². The molecule has 35 heavy (non-hydrogen) atoms. The van der Waals surface area contributed by atoms with Gasteiger partial charge in [0.15, 0.2) is 0 Å². The van der Waals surface area contributed by atoms with Gasteiger partial charge in [0.05, 0.1) is 29.7 Å². The minimum Gasteiger partial charge on any atom is -0.493 e. The average Bonchev–Trinajstić information content (AvgIpc) is 3.63. The molecule has 2 aromatic rings. The Labute approximate surface area is 215 Å². The highest BCUT2D eigenvalue weighted by Crippen LogP contribution is 2.46. The molecule has 0 spiro atoms. The quantitative estimate of drug-likeness (QED) is 0.403. The Kier molecular flexibility index (Phi) is 7.61. The van der Waals surface area contributed by atoms with Crippen LogP contribution in [0.15, 0.2) is 30.3 Å². The minimum atomic E-state index is -1.26. The van der Waals surface area contributed by atoms with Gasteiger partial charge in [0.25, 0.3) is 0 Å². The van der Waals surface area contributed by atoms with Crippen LogP contribution in [0.3, 0.4) is 0 Å². The summed E-state index contributed by atoms with van der Waals surface area (Å²) in [4.78, 5) is 13.6. The molecule has 0 amide bonds. The largest absolute Gasteiger partial charge is 0.493 e. The molecule has 2 aromatic carbocycles. The predicted molar refractivity (Wildman–Crippen MR) is 134 cm³/mol. The van der Waals surface area contributed by atoms with Crippen molar-refractivity contribution in [2.75, 3.05) is 19.7 Å². The van der Waals surface area contributed by atoms with Crippen LogP contribution in [0, 0.1) is 28.5 Å². The highest BCUT2D eigenvalue weighted by atomic mass is 35.5. The first-order chi connectivity index (χ1) is 16.6. The summed E-state index contributed by atoms with van der Waals surface area (Å²) < 4.78 is 20.4. The molecule has 1 atom stereocenters. The van der Waals surface area contributed by atoms with E-state index < -0.39 is 17.2 Å². The standard InChI is InChI=1S/C27H29Cl2FN2O3/c1-27(2,15-31)25(18-9-19(28)11-20(29)10-18)32-7-5-16(6-8-32)14-35-24-13-23(30)22(26(33)34)12-21(24)17-3-4-17/h9-13,16-17,25H,3-8,14H2,1-2H3,(H,33,34). The fourth-order valence-electron chi connectivity index (χ4n) is 5.04. The van der Waals surface area contributed by atoms with E-state index in [0.717, 1.165) is 49.9 Å². The second kappa shape index (κ2) is 10.3. The smallest absolute Gasteiger partial charge is 0.338 e. The second-order valence-corrected chi connectivity index (χ2v) is 11.1. The maximum atomic E-state index is 14.3. The maximum absolute atomic E-state index is 14.3. The van der Waals surface area contributed by atoms with E-state index in [2.05, 4.69) is 11.0 Å². The Bertz CT molecular complexity index is 1130. The molecule has 0 bridgehead atoms. The summed E-state index contributed by atoms with van der Waals surface area (Å²) in [5.74, 6) is -1.07. The van der Waals surface area contributed by atoms with Crippen LogP contribution in [-0.2, 0) is 0 Å². The van der Waals surface area contributed by atoms with Gasteiger partial charge in [-0.15, -0.1) is 0 Å². The maximum Gasteiger partial charge on any atom is 0.338 e. The summed E-state index contributed by atoms with van der Waals surface area (Å²) in [6.45, 7) is 5.84. The van der Waals surface area contributed by atoms with E-state index in [1.54, 1.807) is 6.07 Å². The third kappa shape index (κ3) is 5.91. The number of rotatable bonds is 8. The fraction of sp³-hybridized carbons (Fsp3) is 0.481. The number of carbonyl (C=O) groups is 1. The van der Waals surface area contributed by atoms with E-state index in [1.165, 1.54) is 12.1 Å². The van der Waals surface area contributed by atoms with Gasteiger partial charge in [0.1, 0.15) is 11.6 Å². The number of hydrogen-bond donors (Lipinski definition) is 1. The minimum absolute atomic E-state index is 0.162. The lowest BCUT2D eigenvalue weighted by Gasteiger charge is -2.42. The van der Waals surface area contributed by atoms with E-state index >= 15 is 0 Å². The Balaban J connectivity index is 1.44. The van der Waals surface area contributed by atoms with Crippen molar-refractivity contribution in [3.8, 4) is 11.8 Å². The second-order valence-electron chi connectivity index (χ2n) is 10.2. The summed E-state index contributed by atoms with van der Waals surface area (Å²) in [6, 6.07) is 10.4. The summed E-state index contributed by atoms with van der Waals surface area (Å²) in [5, 5.41) is 20.2. The summed E-state index contributed by atoms with van der Waals surface area (Å²) in [5.41, 5.74) is 0.751. The van der Waals surface area contributed by atoms with E-state index in [4.69, 9.17) is 27.9 Å². The molecule has 0 aromatic heterocycles. The molecule has 1 aliphatic carbocycles. The van der Waals surface area contributed by atoms with Gasteiger partial charge in [-0.2, -0.15) is 5.26 Å². The molecular weight excluding hydrogens is 490 g/mol. The van der Waals surface area contributed by atoms with Crippen molar-refractivity contribution >= 4 is 29.2 Å². The molecule has 186 valence electrons. The zero-order valence-electron chi connectivity index (χ0n) is 19.9. The number of carboxylic acids is 1. The first-order valence-corrected chi connectivity index (χ1v) is 12.7. The molecule has 1 heterocycles. The van der Waals surface area contributed by atoms with Gasteiger partial charge in [0, 0.05) is 16.1 Å². The molecule has 1 aliphatic heterocycles. The van der Waals surface area contributed by atoms with Crippen molar-refractivity contribution in [2.24, 2.45) is 11.3 Å². The van der Waals surface area contributed by atoms with E-state index in [1.807, 2.05) is 26.0 Å². The van der Waals surface area contributed by atoms with Gasteiger partial charge in [-0.3, -0.25) is 4.90 Å². The molecule has 8 heteroatoms. The molecule has 0 radical (unpaired) electrons. The number of halogens is 3. The van der Waals surface area contributed by atoms with Crippen LogP contribution in [0.25, 0.3) is 0 Å². The van der Waals surface area contributed by atoms with Crippen LogP contribution >= 0.6 is 23.2 Å². The van der Waals surface area contributed by atoms with Crippen LogP contribution in [0.5, 0.6) is 5.75 Å². The number of nitrogens with zero attached hydrogens (tertiary/aromatic N) is 2. The summed E-state index contributed by atoms with van der Waals surface area (Å²) in [6.07, 6.45) is 3.65. The molecular formula is C27H29Cl2FN2O3. The highest BCUT2D eigenvalue weighted by Gasteiger charge is 2.38. The highest BCUT2D eigenvalue weighted by molar-refractivity contribution is 6.34. The number of benzene rings is 2. The molecule has 1 unspecified atom stereocenters. The molecule has 5 nitrogen and oxygen atoms in total. The van der Waals surface area contributed by atoms with Crippen LogP contribution in [0.4, 0.5) is 4.39 Å². The Hall–Kier alpha value is -2.33. The van der Waals surface area contributed by atoms with Crippen molar-refractivity contribution in [2.45, 2.75) is 51.5 Å². The lowest BCUT2D eigenvalue weighted by atomic mass is 9.79. The van der Waals surface area contributed by atoms with Crippen LogP contribution < -0.4 is 4.74 Å². The van der Waals surface area contributed by atoms with Crippen LogP contribution in [0.2, 0.25) is 10.0 Å². The first-order valence-electron chi connectivity index (χ1n) is 11.9. The number of piperidine rings is 1. The lowest BCUT2D eigenvalue weighted by Crippen LogP contribution is -2.43. The molecule has 4 rings (SSSR count). The Morgan fingerprint density at radius 2 is 1.80 bits per heavy atom. The molecule has 2 aliphatic rings. The predicted octanol–water partition coefficient (Wildman–Crippen LogP) is 7.09. The third-order valence-electron chi connectivity index (χ3n) is 7.01. The number of ether oxygens (including phenoxy) is 1. The van der Waals surface area contributed by atoms with Crippen molar-refractivity contribution in [3.05, 3.63) is 62.9 Å². The van der Waals surface area contributed by atoms with Gasteiger partial charge in [-0.25, -0.2) is 9.18 Å². The van der Waals surface area contributed by atoms with Crippen molar-refractivity contribution in [1.82, 2.24) is 4.90 Å². The molecule has 1 saturated heterocycles. The molecule has 1 N–H and O–H groups in total. The number of carboxylic acid groups (broad SMARTS) is 1. The number of aromatic carboxylic acids is 1. The third-order valence-corrected chi connectivity index (χ3v) is 7.44. The topological polar surface area (TPSA) is 73.6 Å². The van der Waals surface area contributed by atoms with Gasteiger partial charge in [-0.1, -0.05) is 23.2 Å². The zero-order chi connectivity index (χ0) is 25.3. The van der Waals surface area contributed by atoms with Crippen LogP contribution in [0.1, 0.15) is 73.0 Å². The van der Waals surface area contributed by atoms with Gasteiger partial charge in [-0.05, 0) is 99.8 Å². The van der Waals surface area contributed by atoms with Crippen molar-refractivity contribution < 1.29 is 19.0 Å². The van der Waals surface area contributed by atoms with Crippen molar-refractivity contribution in [1.29, 1.82) is 5.26 Å². The van der Waals surface area contributed by atoms with Gasteiger partial charge < -0.3 is 9.84 Å². The number of hydrogen-bond acceptors (Lipinski definition) is 4.